The summed E-state index contributed by atoms with van der Waals surface area (Å²) in [4.78, 5) is 22.6. The minimum Gasteiger partial charge on any atom is -0.405 e. The lowest BCUT2D eigenvalue weighted by atomic mass is 9.49. The van der Waals surface area contributed by atoms with Crippen LogP contribution in [0.3, 0.4) is 0 Å². The minimum atomic E-state index is -0.195. The van der Waals surface area contributed by atoms with Crippen LogP contribution in [0.4, 0.5) is 0 Å². The fraction of sp³-hybridized carbons (Fsp3) is 0.672. The highest BCUT2D eigenvalue weighted by Gasteiger charge is 2.52. The summed E-state index contributed by atoms with van der Waals surface area (Å²) in [7, 11) is 6.71. The third-order valence-electron chi connectivity index (χ3n) is 14.0. The summed E-state index contributed by atoms with van der Waals surface area (Å²) in [6, 6.07) is 7.68. The molecule has 0 spiro atoms. The highest BCUT2D eigenvalue weighted by molar-refractivity contribution is 5.74. The van der Waals surface area contributed by atoms with E-state index < -0.39 is 0 Å². The van der Waals surface area contributed by atoms with E-state index in [-0.39, 0.29) is 11.5 Å². The van der Waals surface area contributed by atoms with Gasteiger partial charge in [-0.25, -0.2) is 0 Å². The van der Waals surface area contributed by atoms with Crippen molar-refractivity contribution in [3.8, 4) is 0 Å². The molecule has 1 aromatic carbocycles. The van der Waals surface area contributed by atoms with E-state index in [1.54, 1.807) is 6.08 Å². The second kappa shape index (κ2) is 46.6. The molecule has 9 heteroatoms. The van der Waals surface area contributed by atoms with Crippen molar-refractivity contribution in [3.63, 3.8) is 0 Å². The van der Waals surface area contributed by atoms with Gasteiger partial charge in [0.15, 0.2) is 0 Å². The summed E-state index contributed by atoms with van der Waals surface area (Å²) in [5.74, 6) is 2.87. The van der Waals surface area contributed by atoms with E-state index in [1.807, 2.05) is 65.3 Å². The van der Waals surface area contributed by atoms with E-state index in [4.69, 9.17) is 9.84 Å². The first-order valence-corrected chi connectivity index (χ1v) is 26.6. The van der Waals surface area contributed by atoms with Gasteiger partial charge in [0, 0.05) is 31.2 Å². The Hall–Kier alpha value is -3.44. The van der Waals surface area contributed by atoms with Gasteiger partial charge in [0.2, 0.25) is 0 Å². The van der Waals surface area contributed by atoms with E-state index >= 15 is 0 Å². The SMILES string of the molecule is C1COCCN1.C=C.C=C/C(=C\C(=C/C)CCNC)Cc1ccc(C=O)cc1.C=CC.C=CN.CC(O)CCC1(C)C(C)CCC(C)(C)C1CCC1CCCC2(C=O)CCCC12.CCC.CNC.CO. The van der Waals surface area contributed by atoms with Crippen LogP contribution in [-0.2, 0) is 16.0 Å². The molecule has 70 heavy (non-hydrogen) atoms. The Morgan fingerprint density at radius 2 is 1.44 bits per heavy atom. The number of ether oxygens (including phenoxy) is 1. The van der Waals surface area contributed by atoms with E-state index in [1.165, 1.54) is 87.0 Å². The van der Waals surface area contributed by atoms with Gasteiger partial charge < -0.3 is 41.4 Å². The molecule has 5 rings (SSSR count). The summed E-state index contributed by atoms with van der Waals surface area (Å²) >= 11 is 0. The van der Waals surface area contributed by atoms with Crippen molar-refractivity contribution in [1.29, 1.82) is 0 Å². The average molecular weight is 982 g/mol. The summed E-state index contributed by atoms with van der Waals surface area (Å²) < 4.78 is 5.01. The lowest BCUT2D eigenvalue weighted by molar-refractivity contribution is -0.121. The maximum atomic E-state index is 12.0. The molecule has 0 amide bonds. The van der Waals surface area contributed by atoms with Crippen molar-refractivity contribution >= 4 is 12.6 Å². The number of aldehydes is 2. The summed E-state index contributed by atoms with van der Waals surface area (Å²) in [6.45, 7) is 41.3. The van der Waals surface area contributed by atoms with Gasteiger partial charge in [0.1, 0.15) is 12.6 Å². The van der Waals surface area contributed by atoms with Crippen molar-refractivity contribution < 1.29 is 24.5 Å². The number of fused-ring (bicyclic) bond motifs is 1. The van der Waals surface area contributed by atoms with Crippen molar-refractivity contribution in [2.24, 2.45) is 45.7 Å². The number of morpholine rings is 1. The van der Waals surface area contributed by atoms with Crippen LogP contribution < -0.4 is 21.7 Å². The molecular formula is C61H112N4O5. The third kappa shape index (κ3) is 30.4. The van der Waals surface area contributed by atoms with Gasteiger partial charge in [0.25, 0.3) is 0 Å². The average Bonchev–Trinajstić information content (AvgIpc) is 3.82. The number of aliphatic hydroxyl groups is 2. The van der Waals surface area contributed by atoms with Gasteiger partial charge in [-0.2, -0.15) is 0 Å². The molecule has 0 bridgehead atoms. The molecule has 406 valence electrons. The molecule has 9 nitrogen and oxygen atoms in total. The molecule has 1 aliphatic heterocycles. The first-order chi connectivity index (χ1) is 33.5. The number of allylic oxidation sites excluding steroid dienone is 5. The number of hydrogen-bond donors (Lipinski definition) is 6. The molecule has 7 N–H and O–H groups in total. The van der Waals surface area contributed by atoms with Crippen molar-refractivity contribution in [1.82, 2.24) is 16.0 Å². The maximum absolute atomic E-state index is 12.0. The van der Waals surface area contributed by atoms with Crippen LogP contribution >= 0.6 is 0 Å². The quantitative estimate of drug-likeness (QED) is 0.0574. The van der Waals surface area contributed by atoms with E-state index in [0.29, 0.717) is 22.3 Å². The topological polar surface area (TPSA) is 146 Å². The van der Waals surface area contributed by atoms with Gasteiger partial charge in [-0.15, -0.1) is 19.7 Å². The predicted octanol–water partition coefficient (Wildman–Crippen LogP) is 13.1. The second-order valence-corrected chi connectivity index (χ2v) is 19.8. The zero-order chi connectivity index (χ0) is 54.4. The van der Waals surface area contributed by atoms with Crippen LogP contribution in [-0.4, -0.2) is 90.0 Å². The molecule has 7 atom stereocenters. The molecule has 4 fully saturated rings. The molecule has 7 unspecified atom stereocenters. The van der Waals surface area contributed by atoms with Gasteiger partial charge in [-0.1, -0.05) is 135 Å². The Morgan fingerprint density at radius 3 is 1.86 bits per heavy atom. The van der Waals surface area contributed by atoms with Gasteiger partial charge >= 0.3 is 0 Å². The van der Waals surface area contributed by atoms with Crippen LogP contribution in [0.25, 0.3) is 0 Å². The van der Waals surface area contributed by atoms with Crippen molar-refractivity contribution in [2.75, 3.05) is 61.1 Å². The van der Waals surface area contributed by atoms with Crippen LogP contribution in [0.1, 0.15) is 168 Å². The zero-order valence-corrected chi connectivity index (χ0v) is 47.6. The standard InChI is InChI=1S/C26H46O2.C18H23NO.C4H9NO.C3H8.C3H6.C2H7N.C2H5N.C2H4.CH4O/c1-19-12-16-24(3,4)23(25(19,5)17-13-20(2)28)11-10-21-8-6-14-26(18-27)15-7-9-22(21)26;1-4-15(10-11-19-3)12-16(5-2)13-17-6-8-18(14-20)9-7-17;1-3-6-4-2-5-1;3*1-3-2;1-2-3;2*1-2/h18-23,28H,6-17H2,1-5H3;4-9,12,14,19H,2,10-11,13H2,1,3H3;5H,1-4H2;3H2,1-2H3;3H,1H2,2H3;3H,1-2H3;2H,1,3H2;1-2H2;2H,1H3/b;15-4-,16-12+;;;;;;;. The first kappa shape index (κ1) is 73.1. The molecular weight excluding hydrogens is 869 g/mol. The summed E-state index contributed by atoms with van der Waals surface area (Å²) in [5, 5.41) is 26.0. The molecule has 3 saturated carbocycles. The van der Waals surface area contributed by atoms with Crippen molar-refractivity contribution in [2.45, 2.75) is 165 Å². The number of carbonyl (C=O) groups is 2. The number of hydrogen-bond acceptors (Lipinski definition) is 9. The Bertz CT molecular complexity index is 1470. The molecule has 0 radical (unpaired) electrons. The van der Waals surface area contributed by atoms with Crippen LogP contribution in [0.2, 0.25) is 0 Å². The zero-order valence-electron chi connectivity index (χ0n) is 47.6. The highest BCUT2D eigenvalue weighted by Crippen LogP contribution is 2.60. The number of aliphatic hydroxyl groups excluding tert-OH is 2. The molecule has 1 heterocycles. The van der Waals surface area contributed by atoms with E-state index in [2.05, 4.69) is 115 Å². The normalized spacial score (nSPS) is 24.2. The van der Waals surface area contributed by atoms with Gasteiger partial charge in [0.05, 0.1) is 19.3 Å². The largest absolute Gasteiger partial charge is 0.405 e. The van der Waals surface area contributed by atoms with Crippen molar-refractivity contribution in [3.05, 3.63) is 110 Å². The highest BCUT2D eigenvalue weighted by atomic mass is 16.5. The van der Waals surface area contributed by atoms with Crippen LogP contribution in [0, 0.1) is 39.9 Å². The lowest BCUT2D eigenvalue weighted by Crippen LogP contribution is -2.47. The maximum Gasteiger partial charge on any atom is 0.150 e. The first-order valence-electron chi connectivity index (χ1n) is 26.6. The fourth-order valence-corrected chi connectivity index (χ4v) is 10.4. The number of nitrogens with one attached hydrogen (secondary N) is 3. The van der Waals surface area contributed by atoms with Crippen LogP contribution in [0.15, 0.2) is 98.8 Å². The second-order valence-electron chi connectivity index (χ2n) is 19.8. The molecule has 1 aromatic rings. The smallest absolute Gasteiger partial charge is 0.150 e. The number of nitrogens with two attached hydrogens (primary N) is 1. The van der Waals surface area contributed by atoms with Crippen LogP contribution in [0.5, 0.6) is 0 Å². The Labute approximate surface area is 432 Å². The van der Waals surface area contributed by atoms with E-state index in [0.717, 1.165) is 103 Å². The van der Waals surface area contributed by atoms with Gasteiger partial charge in [-0.3, -0.25) is 4.79 Å². The van der Waals surface area contributed by atoms with E-state index in [9.17, 15) is 14.7 Å². The third-order valence-corrected chi connectivity index (χ3v) is 14.0. The number of carbonyl (C=O) groups excluding carboxylic acids is 2. The fourth-order valence-electron chi connectivity index (χ4n) is 10.4. The summed E-state index contributed by atoms with van der Waals surface area (Å²) in [6.07, 6.45) is 29.1. The summed E-state index contributed by atoms with van der Waals surface area (Å²) in [5.41, 5.74) is 9.74. The van der Waals surface area contributed by atoms with Gasteiger partial charge in [-0.05, 0) is 171 Å². The lowest BCUT2D eigenvalue weighted by Gasteiger charge is -2.55. The monoisotopic (exact) mass is 981 g/mol. The number of benzene rings is 1. The molecule has 3 aliphatic carbocycles. The molecule has 1 saturated heterocycles. The number of rotatable bonds is 15. The Morgan fingerprint density at radius 1 is 0.914 bits per heavy atom. The molecule has 0 aromatic heterocycles. The minimum absolute atomic E-state index is 0.0356. The Balaban J connectivity index is -0.000000448. The predicted molar refractivity (Wildman–Crippen MR) is 308 cm³/mol. The Kier molecular flexibility index (Phi) is 48.7. The molecule has 4 aliphatic rings.